The van der Waals surface area contributed by atoms with Crippen LogP contribution in [0.4, 0.5) is 11.4 Å². The van der Waals surface area contributed by atoms with Crippen molar-refractivity contribution in [2.75, 3.05) is 24.6 Å². The van der Waals surface area contributed by atoms with E-state index < -0.39 is 0 Å². The Hall–Kier alpha value is -2.81. The summed E-state index contributed by atoms with van der Waals surface area (Å²) in [6.07, 6.45) is 1.87. The van der Waals surface area contributed by atoms with Crippen LogP contribution in [0.1, 0.15) is 18.1 Å². The molecule has 0 aromatic heterocycles. The highest BCUT2D eigenvalue weighted by Gasteiger charge is 1.94. The van der Waals surface area contributed by atoms with Gasteiger partial charge in [-0.1, -0.05) is 42.5 Å². The quantitative estimate of drug-likeness (QED) is 0.533. The molecule has 3 nitrogen and oxygen atoms in total. The third-order valence-electron chi connectivity index (χ3n) is 3.71. The third-order valence-corrected chi connectivity index (χ3v) is 3.71. The molecule has 3 aromatic rings. The van der Waals surface area contributed by atoms with Gasteiger partial charge in [0.25, 0.3) is 0 Å². The number of aryl methyl sites for hydroxylation is 1. The highest BCUT2D eigenvalue weighted by atomic mass is 14.9. The lowest BCUT2D eigenvalue weighted by molar-refractivity contribution is 1.21. The fourth-order valence-electron chi connectivity index (χ4n) is 2.39. The van der Waals surface area contributed by atoms with Crippen LogP contribution in [0.5, 0.6) is 0 Å². The van der Waals surface area contributed by atoms with Gasteiger partial charge in [0.05, 0.1) is 0 Å². The van der Waals surface area contributed by atoms with Crippen LogP contribution in [0.25, 0.3) is 10.8 Å². The summed E-state index contributed by atoms with van der Waals surface area (Å²) in [5, 5.41) is 5.73. The lowest BCUT2D eigenvalue weighted by Gasteiger charge is -2.05. The van der Waals surface area contributed by atoms with E-state index in [1.54, 1.807) is 7.05 Å². The van der Waals surface area contributed by atoms with Crippen molar-refractivity contribution in [1.82, 2.24) is 0 Å². The first-order valence-electron chi connectivity index (χ1n) is 8.15. The minimum Gasteiger partial charge on any atom is -0.398 e. The molecule has 0 aliphatic rings. The van der Waals surface area contributed by atoms with Crippen LogP contribution in [0.2, 0.25) is 0 Å². The minimum absolute atomic E-state index is 0.850. The predicted molar refractivity (Wildman–Crippen MR) is 107 cm³/mol. The standard InChI is InChI=1S/C12H11N.C9H14N2/c1-13-9-10-6-7-11-4-2-3-5-12(11)8-10;1-3-11-8-5-4-7(2)9(10)6-8/h2-9H,1H3;4-6,11H,3,10H2,1-2H3. The van der Waals surface area contributed by atoms with Gasteiger partial charge in [-0.2, -0.15) is 0 Å². The van der Waals surface area contributed by atoms with E-state index >= 15 is 0 Å². The van der Waals surface area contributed by atoms with E-state index in [2.05, 4.69) is 59.7 Å². The molecule has 0 spiro atoms. The topological polar surface area (TPSA) is 50.4 Å². The number of hydrogen-bond donors (Lipinski definition) is 2. The summed E-state index contributed by atoms with van der Waals surface area (Å²) in [4.78, 5) is 3.99. The van der Waals surface area contributed by atoms with Gasteiger partial charge in [0.1, 0.15) is 0 Å². The number of fused-ring (bicyclic) bond motifs is 1. The van der Waals surface area contributed by atoms with Gasteiger partial charge in [-0.25, -0.2) is 0 Å². The summed E-state index contributed by atoms with van der Waals surface area (Å²) in [6.45, 7) is 5.00. The van der Waals surface area contributed by atoms with Crippen molar-refractivity contribution in [2.45, 2.75) is 13.8 Å². The second-order valence-electron chi connectivity index (χ2n) is 5.60. The Morgan fingerprint density at radius 3 is 2.42 bits per heavy atom. The molecule has 124 valence electrons. The molecule has 3 rings (SSSR count). The minimum atomic E-state index is 0.850. The van der Waals surface area contributed by atoms with E-state index in [1.807, 2.05) is 31.3 Å². The normalized spacial score (nSPS) is 10.5. The number of nitrogens with zero attached hydrogens (tertiary/aromatic N) is 1. The van der Waals surface area contributed by atoms with Gasteiger partial charge in [0.2, 0.25) is 0 Å². The van der Waals surface area contributed by atoms with E-state index in [0.29, 0.717) is 0 Å². The van der Waals surface area contributed by atoms with Crippen LogP contribution in [-0.2, 0) is 0 Å². The van der Waals surface area contributed by atoms with Crippen molar-refractivity contribution in [2.24, 2.45) is 4.99 Å². The van der Waals surface area contributed by atoms with E-state index in [9.17, 15) is 0 Å². The Balaban J connectivity index is 0.000000177. The zero-order valence-electron chi connectivity index (χ0n) is 14.6. The molecule has 0 atom stereocenters. The summed E-state index contributed by atoms with van der Waals surface area (Å²) < 4.78 is 0. The van der Waals surface area contributed by atoms with Crippen LogP contribution in [0, 0.1) is 6.92 Å². The first-order chi connectivity index (χ1) is 11.6. The molecule has 0 bridgehead atoms. The molecule has 0 saturated carbocycles. The van der Waals surface area contributed by atoms with Gasteiger partial charge in [-0.15, -0.1) is 0 Å². The Labute approximate surface area is 144 Å². The van der Waals surface area contributed by atoms with Crippen molar-refractivity contribution in [3.63, 3.8) is 0 Å². The van der Waals surface area contributed by atoms with Crippen molar-refractivity contribution in [3.8, 4) is 0 Å². The molecule has 0 aliphatic carbocycles. The van der Waals surface area contributed by atoms with Crippen LogP contribution in [0.15, 0.2) is 65.7 Å². The second-order valence-corrected chi connectivity index (χ2v) is 5.60. The van der Waals surface area contributed by atoms with Crippen LogP contribution in [-0.4, -0.2) is 19.8 Å². The van der Waals surface area contributed by atoms with E-state index in [1.165, 1.54) is 10.8 Å². The summed E-state index contributed by atoms with van der Waals surface area (Å²) in [6, 6.07) is 20.7. The summed E-state index contributed by atoms with van der Waals surface area (Å²) in [5.41, 5.74) is 9.94. The molecule has 0 fully saturated rings. The molecule has 0 radical (unpaired) electrons. The lowest BCUT2D eigenvalue weighted by atomic mass is 10.1. The lowest BCUT2D eigenvalue weighted by Crippen LogP contribution is -1.98. The van der Waals surface area contributed by atoms with E-state index in [0.717, 1.165) is 29.0 Å². The number of hydrogen-bond acceptors (Lipinski definition) is 3. The summed E-state index contributed by atoms with van der Waals surface area (Å²) in [5.74, 6) is 0. The molecule has 24 heavy (non-hydrogen) atoms. The van der Waals surface area contributed by atoms with Crippen molar-refractivity contribution >= 4 is 28.4 Å². The Bertz CT molecular complexity index is 822. The number of rotatable bonds is 3. The Morgan fingerprint density at radius 1 is 1.00 bits per heavy atom. The van der Waals surface area contributed by atoms with E-state index in [4.69, 9.17) is 5.73 Å². The maximum atomic E-state index is 5.71. The fourth-order valence-corrected chi connectivity index (χ4v) is 2.39. The summed E-state index contributed by atoms with van der Waals surface area (Å²) >= 11 is 0. The van der Waals surface area contributed by atoms with Crippen molar-refractivity contribution in [1.29, 1.82) is 0 Å². The van der Waals surface area contributed by atoms with Crippen molar-refractivity contribution in [3.05, 3.63) is 71.8 Å². The van der Waals surface area contributed by atoms with Crippen LogP contribution < -0.4 is 11.1 Å². The molecule has 0 saturated heterocycles. The maximum absolute atomic E-state index is 5.71. The number of nitrogen functional groups attached to an aromatic ring is 1. The zero-order chi connectivity index (χ0) is 17.4. The third kappa shape index (κ3) is 4.85. The highest BCUT2D eigenvalue weighted by molar-refractivity contribution is 5.90. The molecule has 0 amide bonds. The number of aliphatic imine (C=N–C) groups is 1. The second kappa shape index (κ2) is 8.73. The monoisotopic (exact) mass is 319 g/mol. The first kappa shape index (κ1) is 17.5. The summed E-state index contributed by atoms with van der Waals surface area (Å²) in [7, 11) is 1.79. The van der Waals surface area contributed by atoms with Gasteiger partial charge in [-0.05, 0) is 53.9 Å². The molecule has 3 N–H and O–H groups in total. The fraction of sp³-hybridized carbons (Fsp3) is 0.190. The van der Waals surface area contributed by atoms with Gasteiger partial charge >= 0.3 is 0 Å². The average molecular weight is 319 g/mol. The first-order valence-corrected chi connectivity index (χ1v) is 8.15. The average Bonchev–Trinajstić information content (AvgIpc) is 2.59. The van der Waals surface area contributed by atoms with Gasteiger partial charge in [0.15, 0.2) is 0 Å². The van der Waals surface area contributed by atoms with Crippen LogP contribution >= 0.6 is 0 Å². The van der Waals surface area contributed by atoms with Crippen molar-refractivity contribution < 1.29 is 0 Å². The predicted octanol–water partition coefficient (Wildman–Crippen LogP) is 4.90. The van der Waals surface area contributed by atoms with Gasteiger partial charge in [0, 0.05) is 31.2 Å². The Kier molecular flexibility index (Phi) is 6.38. The molecule has 3 heteroatoms. The smallest absolute Gasteiger partial charge is 0.0364 e. The largest absolute Gasteiger partial charge is 0.398 e. The highest BCUT2D eigenvalue weighted by Crippen LogP contribution is 2.16. The molecular formula is C21H25N3. The number of nitrogens with one attached hydrogen (secondary N) is 1. The van der Waals surface area contributed by atoms with Crippen LogP contribution in [0.3, 0.4) is 0 Å². The Morgan fingerprint density at radius 2 is 1.75 bits per heavy atom. The molecule has 0 heterocycles. The van der Waals surface area contributed by atoms with E-state index in [-0.39, 0.29) is 0 Å². The molecule has 3 aromatic carbocycles. The number of nitrogens with two attached hydrogens (primary N) is 1. The van der Waals surface area contributed by atoms with Gasteiger partial charge < -0.3 is 11.1 Å². The maximum Gasteiger partial charge on any atom is 0.0364 e. The van der Waals surface area contributed by atoms with Gasteiger partial charge in [-0.3, -0.25) is 4.99 Å². The SMILES string of the molecule is CCNc1ccc(C)c(N)c1.CN=Cc1ccc2ccccc2c1. The molecule has 0 unspecified atom stereocenters. The number of benzene rings is 3. The zero-order valence-corrected chi connectivity index (χ0v) is 14.6. The molecule has 0 aliphatic heterocycles. The molecular weight excluding hydrogens is 294 g/mol. The number of anilines is 2.